The highest BCUT2D eigenvalue weighted by molar-refractivity contribution is 9.10. The Morgan fingerprint density at radius 3 is 2.65 bits per heavy atom. The average Bonchev–Trinajstić information content (AvgIpc) is 2.44. The summed E-state index contributed by atoms with van der Waals surface area (Å²) in [5.74, 6) is 0.990. The van der Waals surface area contributed by atoms with E-state index in [1.165, 1.54) is 37.8 Å². The van der Waals surface area contributed by atoms with Gasteiger partial charge in [-0.2, -0.15) is 0 Å². The molecule has 0 spiro atoms. The lowest BCUT2D eigenvalue weighted by Gasteiger charge is -2.31. The maximum absolute atomic E-state index is 13.3. The number of rotatable bonds is 5. The number of aliphatic hydroxyl groups excluding tert-OH is 1. The van der Waals surface area contributed by atoms with E-state index in [9.17, 15) is 9.50 Å². The summed E-state index contributed by atoms with van der Waals surface area (Å²) in [5, 5.41) is 10.4. The number of halogens is 2. The van der Waals surface area contributed by atoms with Crippen LogP contribution in [0.5, 0.6) is 0 Å². The molecule has 2 rings (SSSR count). The molecule has 1 fully saturated rings. The van der Waals surface area contributed by atoms with E-state index in [-0.39, 0.29) is 11.9 Å². The van der Waals surface area contributed by atoms with E-state index in [0.717, 1.165) is 28.8 Å². The van der Waals surface area contributed by atoms with E-state index in [0.29, 0.717) is 12.3 Å². The van der Waals surface area contributed by atoms with Crippen LogP contribution in [0.4, 0.5) is 4.39 Å². The van der Waals surface area contributed by atoms with Gasteiger partial charge in [-0.1, -0.05) is 48.5 Å². The molecule has 0 amide bonds. The molecule has 1 aromatic rings. The highest BCUT2D eigenvalue weighted by atomic mass is 79.9. The van der Waals surface area contributed by atoms with E-state index in [4.69, 9.17) is 0 Å². The van der Waals surface area contributed by atoms with Crippen molar-refractivity contribution in [3.05, 3.63) is 34.1 Å². The van der Waals surface area contributed by atoms with Gasteiger partial charge in [-0.25, -0.2) is 4.39 Å². The Kier molecular flexibility index (Phi) is 6.03. The van der Waals surface area contributed by atoms with Crippen LogP contribution in [0, 0.1) is 17.7 Å². The Morgan fingerprint density at radius 1 is 1.30 bits per heavy atom. The van der Waals surface area contributed by atoms with Crippen molar-refractivity contribution in [3.8, 4) is 0 Å². The van der Waals surface area contributed by atoms with Crippen LogP contribution >= 0.6 is 15.9 Å². The van der Waals surface area contributed by atoms with Gasteiger partial charge >= 0.3 is 0 Å². The van der Waals surface area contributed by atoms with E-state index in [1.54, 1.807) is 6.07 Å². The molecular weight excluding hydrogens is 319 g/mol. The highest BCUT2D eigenvalue weighted by Gasteiger charge is 2.26. The minimum absolute atomic E-state index is 0.234. The lowest BCUT2D eigenvalue weighted by molar-refractivity contribution is 0.0726. The molecule has 1 aliphatic carbocycles. The van der Waals surface area contributed by atoms with Crippen LogP contribution in [-0.2, 0) is 6.42 Å². The molecule has 1 aliphatic rings. The summed E-state index contributed by atoms with van der Waals surface area (Å²) in [5.41, 5.74) is 0.869. The van der Waals surface area contributed by atoms with Crippen LogP contribution in [-0.4, -0.2) is 11.2 Å². The van der Waals surface area contributed by atoms with Crippen molar-refractivity contribution in [2.75, 3.05) is 0 Å². The summed E-state index contributed by atoms with van der Waals surface area (Å²) in [7, 11) is 0. The van der Waals surface area contributed by atoms with Crippen molar-refractivity contribution in [1.82, 2.24) is 0 Å². The quantitative estimate of drug-likeness (QED) is 0.789. The maximum Gasteiger partial charge on any atom is 0.123 e. The summed E-state index contributed by atoms with van der Waals surface area (Å²) in [6, 6.07) is 4.68. The Labute approximate surface area is 129 Å². The number of hydrogen-bond acceptors (Lipinski definition) is 1. The lowest BCUT2D eigenvalue weighted by atomic mass is 9.77. The fraction of sp³-hybridized carbons (Fsp3) is 0.647. The molecule has 1 atom stereocenters. The molecule has 1 N–H and O–H groups in total. The SMILES string of the molecule is CCCC1CCC(C(O)Cc2cc(F)ccc2Br)CC1. The van der Waals surface area contributed by atoms with Crippen molar-refractivity contribution < 1.29 is 9.50 Å². The summed E-state index contributed by atoms with van der Waals surface area (Å²) < 4.78 is 14.2. The number of hydrogen-bond donors (Lipinski definition) is 1. The molecule has 20 heavy (non-hydrogen) atoms. The standard InChI is InChI=1S/C17H24BrFO/c1-2-3-12-4-6-13(7-5-12)17(20)11-14-10-15(19)8-9-16(14)18/h8-10,12-13,17,20H,2-7,11H2,1H3. The first-order valence-electron chi connectivity index (χ1n) is 7.72. The van der Waals surface area contributed by atoms with Crippen molar-refractivity contribution in [3.63, 3.8) is 0 Å². The van der Waals surface area contributed by atoms with Gasteiger partial charge in [0.1, 0.15) is 5.82 Å². The topological polar surface area (TPSA) is 20.2 Å². The van der Waals surface area contributed by atoms with Gasteiger partial charge in [-0.15, -0.1) is 0 Å². The van der Waals surface area contributed by atoms with Crippen LogP contribution < -0.4 is 0 Å². The largest absolute Gasteiger partial charge is 0.392 e. The molecule has 0 saturated heterocycles. The van der Waals surface area contributed by atoms with Crippen LogP contribution in [0.25, 0.3) is 0 Å². The van der Waals surface area contributed by atoms with Crippen LogP contribution in [0.2, 0.25) is 0 Å². The molecule has 1 saturated carbocycles. The summed E-state index contributed by atoms with van der Waals surface area (Å²) in [6.07, 6.45) is 7.46. The minimum Gasteiger partial charge on any atom is -0.392 e. The maximum atomic E-state index is 13.3. The zero-order chi connectivity index (χ0) is 14.5. The van der Waals surface area contributed by atoms with Crippen LogP contribution in [0.3, 0.4) is 0 Å². The molecule has 0 radical (unpaired) electrons. The van der Waals surface area contributed by atoms with Gasteiger partial charge < -0.3 is 5.11 Å². The third-order valence-corrected chi connectivity index (χ3v) is 5.34. The van der Waals surface area contributed by atoms with E-state index in [1.807, 2.05) is 0 Å². The normalized spacial score (nSPS) is 24.6. The fourth-order valence-electron chi connectivity index (χ4n) is 3.36. The Morgan fingerprint density at radius 2 is 2.00 bits per heavy atom. The molecule has 3 heteroatoms. The lowest BCUT2D eigenvalue weighted by Crippen LogP contribution is -2.27. The fourth-order valence-corrected chi connectivity index (χ4v) is 3.77. The minimum atomic E-state index is -0.351. The third kappa shape index (κ3) is 4.29. The Balaban J connectivity index is 1.89. The molecule has 0 heterocycles. The van der Waals surface area contributed by atoms with E-state index >= 15 is 0 Å². The molecule has 1 unspecified atom stereocenters. The summed E-state index contributed by atoms with van der Waals surface area (Å²) in [6.45, 7) is 2.24. The Hall–Kier alpha value is -0.410. The first-order valence-corrected chi connectivity index (χ1v) is 8.51. The van der Waals surface area contributed by atoms with Crippen molar-refractivity contribution in [2.24, 2.45) is 11.8 Å². The monoisotopic (exact) mass is 342 g/mol. The molecular formula is C17H24BrFO. The van der Waals surface area contributed by atoms with Gasteiger partial charge in [-0.05, 0) is 54.9 Å². The van der Waals surface area contributed by atoms with Crippen LogP contribution in [0.15, 0.2) is 22.7 Å². The summed E-state index contributed by atoms with van der Waals surface area (Å²) >= 11 is 3.44. The van der Waals surface area contributed by atoms with Crippen molar-refractivity contribution in [1.29, 1.82) is 0 Å². The van der Waals surface area contributed by atoms with Gasteiger partial charge in [0, 0.05) is 4.47 Å². The first kappa shape index (κ1) is 16.0. The Bertz CT molecular complexity index is 427. The molecule has 0 aromatic heterocycles. The van der Waals surface area contributed by atoms with Gasteiger partial charge in [0.05, 0.1) is 6.10 Å². The second kappa shape index (κ2) is 7.56. The number of benzene rings is 1. The van der Waals surface area contributed by atoms with E-state index < -0.39 is 0 Å². The van der Waals surface area contributed by atoms with Crippen LogP contribution in [0.1, 0.15) is 51.0 Å². The van der Waals surface area contributed by atoms with Gasteiger partial charge in [0.15, 0.2) is 0 Å². The first-order chi connectivity index (χ1) is 9.60. The van der Waals surface area contributed by atoms with Gasteiger partial charge in [-0.3, -0.25) is 0 Å². The average molecular weight is 343 g/mol. The molecule has 112 valence electrons. The molecule has 0 aliphatic heterocycles. The van der Waals surface area contributed by atoms with Crippen molar-refractivity contribution in [2.45, 2.75) is 58.0 Å². The summed E-state index contributed by atoms with van der Waals surface area (Å²) in [4.78, 5) is 0. The second-order valence-electron chi connectivity index (χ2n) is 6.08. The predicted octanol–water partition coefficient (Wildman–Crippen LogP) is 5.10. The second-order valence-corrected chi connectivity index (χ2v) is 6.93. The molecule has 1 aromatic carbocycles. The molecule has 1 nitrogen and oxygen atoms in total. The zero-order valence-electron chi connectivity index (χ0n) is 12.1. The van der Waals surface area contributed by atoms with Gasteiger partial charge in [0.2, 0.25) is 0 Å². The predicted molar refractivity (Wildman–Crippen MR) is 84.2 cm³/mol. The van der Waals surface area contributed by atoms with Crippen molar-refractivity contribution >= 4 is 15.9 Å². The molecule has 0 bridgehead atoms. The zero-order valence-corrected chi connectivity index (χ0v) is 13.7. The number of aliphatic hydroxyl groups is 1. The third-order valence-electron chi connectivity index (χ3n) is 4.57. The highest BCUT2D eigenvalue weighted by Crippen LogP contribution is 2.34. The van der Waals surface area contributed by atoms with Gasteiger partial charge in [0.25, 0.3) is 0 Å². The van der Waals surface area contributed by atoms with E-state index in [2.05, 4.69) is 22.9 Å². The smallest absolute Gasteiger partial charge is 0.123 e.